The lowest BCUT2D eigenvalue weighted by atomic mass is 10.00. The van der Waals surface area contributed by atoms with Gasteiger partial charge in [-0.05, 0) is 23.8 Å². The Labute approximate surface area is 138 Å². The van der Waals surface area contributed by atoms with Gasteiger partial charge in [0.05, 0.1) is 22.4 Å². The summed E-state index contributed by atoms with van der Waals surface area (Å²) in [6.45, 7) is 0. The summed E-state index contributed by atoms with van der Waals surface area (Å²) >= 11 is 0. The van der Waals surface area contributed by atoms with Gasteiger partial charge in [0, 0.05) is 23.3 Å². The summed E-state index contributed by atoms with van der Waals surface area (Å²) in [6, 6.07) is 8.16. The molecule has 1 heterocycles. The standard InChI is InChI=1S/C16H9F4N3O2/c17-14-5-4-10(7-13(14)16(18,19)20)15-12(8-21-22-15)9-2-1-3-11(6-9)23(24)25/h1-8H,(H,21,22). The maximum atomic E-state index is 13.5. The second-order valence-electron chi connectivity index (χ2n) is 5.16. The molecule has 0 amide bonds. The molecule has 2 aromatic carbocycles. The van der Waals surface area contributed by atoms with Crippen molar-refractivity contribution < 1.29 is 22.5 Å². The monoisotopic (exact) mass is 351 g/mol. The van der Waals surface area contributed by atoms with Crippen LogP contribution < -0.4 is 0 Å². The number of aromatic nitrogens is 2. The third kappa shape index (κ3) is 3.21. The van der Waals surface area contributed by atoms with Crippen LogP contribution in [0.1, 0.15) is 5.56 Å². The average Bonchev–Trinajstić information content (AvgIpc) is 3.04. The Morgan fingerprint density at radius 3 is 2.52 bits per heavy atom. The van der Waals surface area contributed by atoms with Crippen LogP contribution in [0.4, 0.5) is 23.2 Å². The van der Waals surface area contributed by atoms with Crippen LogP contribution in [0.5, 0.6) is 0 Å². The van der Waals surface area contributed by atoms with Crippen LogP contribution in [-0.2, 0) is 6.18 Å². The first-order valence-corrected chi connectivity index (χ1v) is 6.92. The molecule has 0 unspecified atom stereocenters. The van der Waals surface area contributed by atoms with Crippen molar-refractivity contribution in [2.24, 2.45) is 0 Å². The summed E-state index contributed by atoms with van der Waals surface area (Å²) in [4.78, 5) is 10.3. The highest BCUT2D eigenvalue weighted by Crippen LogP contribution is 2.37. The average molecular weight is 351 g/mol. The minimum atomic E-state index is -4.84. The number of H-pyrrole nitrogens is 1. The zero-order valence-corrected chi connectivity index (χ0v) is 12.3. The van der Waals surface area contributed by atoms with Crippen LogP contribution in [0.3, 0.4) is 0 Å². The first-order valence-electron chi connectivity index (χ1n) is 6.92. The summed E-state index contributed by atoms with van der Waals surface area (Å²) in [5.41, 5.74) is -0.540. The molecule has 0 fully saturated rings. The minimum Gasteiger partial charge on any atom is -0.277 e. The summed E-state index contributed by atoms with van der Waals surface area (Å²) in [7, 11) is 0. The van der Waals surface area contributed by atoms with E-state index in [0.29, 0.717) is 17.2 Å². The fourth-order valence-electron chi connectivity index (χ4n) is 2.41. The van der Waals surface area contributed by atoms with Crippen LogP contribution >= 0.6 is 0 Å². The quantitative estimate of drug-likeness (QED) is 0.418. The number of nitro benzene ring substituents is 1. The van der Waals surface area contributed by atoms with Gasteiger partial charge < -0.3 is 0 Å². The molecule has 128 valence electrons. The van der Waals surface area contributed by atoms with Gasteiger partial charge >= 0.3 is 6.18 Å². The molecular formula is C16H9F4N3O2. The smallest absolute Gasteiger partial charge is 0.277 e. The lowest BCUT2D eigenvalue weighted by molar-refractivity contribution is -0.384. The second-order valence-corrected chi connectivity index (χ2v) is 5.16. The third-order valence-electron chi connectivity index (χ3n) is 3.57. The molecule has 3 rings (SSSR count). The molecule has 0 bridgehead atoms. The summed E-state index contributed by atoms with van der Waals surface area (Å²) < 4.78 is 52.1. The van der Waals surface area contributed by atoms with Crippen molar-refractivity contribution >= 4 is 5.69 Å². The molecule has 9 heteroatoms. The van der Waals surface area contributed by atoms with Crippen molar-refractivity contribution in [3.8, 4) is 22.4 Å². The van der Waals surface area contributed by atoms with Gasteiger partial charge in [0.15, 0.2) is 0 Å². The van der Waals surface area contributed by atoms with Crippen molar-refractivity contribution in [3.63, 3.8) is 0 Å². The van der Waals surface area contributed by atoms with Gasteiger partial charge in [-0.1, -0.05) is 12.1 Å². The maximum absolute atomic E-state index is 13.5. The van der Waals surface area contributed by atoms with Gasteiger partial charge in [0.2, 0.25) is 0 Å². The molecule has 5 nitrogen and oxygen atoms in total. The SMILES string of the molecule is O=[N+]([O-])c1cccc(-c2cn[nH]c2-c2ccc(F)c(C(F)(F)F)c2)c1. The number of nitrogens with one attached hydrogen (secondary N) is 1. The van der Waals surface area contributed by atoms with E-state index in [0.717, 1.165) is 6.07 Å². The van der Waals surface area contributed by atoms with Gasteiger partial charge in [-0.25, -0.2) is 4.39 Å². The third-order valence-corrected chi connectivity index (χ3v) is 3.57. The van der Waals surface area contributed by atoms with Crippen LogP contribution in [0, 0.1) is 15.9 Å². The molecule has 0 spiro atoms. The Bertz CT molecular complexity index is 951. The second kappa shape index (κ2) is 6.00. The maximum Gasteiger partial charge on any atom is 0.419 e. The fourth-order valence-corrected chi connectivity index (χ4v) is 2.41. The van der Waals surface area contributed by atoms with Crippen LogP contribution in [-0.4, -0.2) is 15.1 Å². The van der Waals surface area contributed by atoms with E-state index < -0.39 is 22.5 Å². The molecule has 3 aromatic rings. The Morgan fingerprint density at radius 1 is 1.08 bits per heavy atom. The van der Waals surface area contributed by atoms with Gasteiger partial charge in [0.25, 0.3) is 5.69 Å². The predicted octanol–water partition coefficient (Wildman–Crippen LogP) is 4.81. The summed E-state index contributed by atoms with van der Waals surface area (Å²) in [6.07, 6.45) is -3.50. The first kappa shape index (κ1) is 16.6. The van der Waals surface area contributed by atoms with E-state index in [-0.39, 0.29) is 16.9 Å². The van der Waals surface area contributed by atoms with E-state index in [9.17, 15) is 27.7 Å². The summed E-state index contributed by atoms with van der Waals surface area (Å²) in [5.74, 6) is -1.38. The van der Waals surface area contributed by atoms with Crippen molar-refractivity contribution in [1.29, 1.82) is 0 Å². The van der Waals surface area contributed by atoms with Gasteiger partial charge in [0.1, 0.15) is 5.82 Å². The largest absolute Gasteiger partial charge is 0.419 e. The molecule has 1 N–H and O–H groups in total. The van der Waals surface area contributed by atoms with Crippen LogP contribution in [0.15, 0.2) is 48.7 Å². The molecule has 0 radical (unpaired) electrons. The number of alkyl halides is 3. The summed E-state index contributed by atoms with van der Waals surface area (Å²) in [5, 5.41) is 17.2. The van der Waals surface area contributed by atoms with Gasteiger partial charge in [-0.2, -0.15) is 18.3 Å². The predicted molar refractivity (Wildman–Crippen MR) is 81.1 cm³/mol. The zero-order valence-electron chi connectivity index (χ0n) is 12.3. The number of aromatic amines is 1. The Morgan fingerprint density at radius 2 is 1.84 bits per heavy atom. The topological polar surface area (TPSA) is 71.8 Å². The highest BCUT2D eigenvalue weighted by atomic mass is 19.4. The fraction of sp³-hybridized carbons (Fsp3) is 0.0625. The van der Waals surface area contributed by atoms with Gasteiger partial charge in [-0.15, -0.1) is 0 Å². The van der Waals surface area contributed by atoms with E-state index >= 15 is 0 Å². The molecule has 1 aromatic heterocycles. The Balaban J connectivity index is 2.12. The molecule has 0 saturated carbocycles. The Hall–Kier alpha value is -3.23. The van der Waals surface area contributed by atoms with Crippen molar-refractivity contribution in [1.82, 2.24) is 10.2 Å². The lowest BCUT2D eigenvalue weighted by Crippen LogP contribution is -2.08. The molecular weight excluding hydrogens is 342 g/mol. The van der Waals surface area contributed by atoms with E-state index in [1.54, 1.807) is 6.07 Å². The number of hydrogen-bond acceptors (Lipinski definition) is 3. The van der Waals surface area contributed by atoms with Crippen molar-refractivity contribution in [3.05, 3.63) is 70.2 Å². The number of halogens is 4. The highest BCUT2D eigenvalue weighted by Gasteiger charge is 2.34. The molecule has 25 heavy (non-hydrogen) atoms. The van der Waals surface area contributed by atoms with Crippen molar-refractivity contribution in [2.75, 3.05) is 0 Å². The molecule has 0 saturated heterocycles. The molecule has 0 aliphatic rings. The van der Waals surface area contributed by atoms with E-state index in [4.69, 9.17) is 0 Å². The lowest BCUT2D eigenvalue weighted by Gasteiger charge is -2.10. The molecule has 0 aliphatic carbocycles. The number of nitrogens with zero attached hydrogens (tertiary/aromatic N) is 2. The normalized spacial score (nSPS) is 11.5. The van der Waals surface area contributed by atoms with Crippen molar-refractivity contribution in [2.45, 2.75) is 6.18 Å². The Kier molecular flexibility index (Phi) is 3.99. The van der Waals surface area contributed by atoms with E-state index in [2.05, 4.69) is 10.2 Å². The van der Waals surface area contributed by atoms with E-state index in [1.165, 1.54) is 30.5 Å². The minimum absolute atomic E-state index is 0.0627. The number of benzene rings is 2. The number of non-ortho nitro benzene ring substituents is 1. The zero-order chi connectivity index (χ0) is 18.2. The van der Waals surface area contributed by atoms with Crippen LogP contribution in [0.2, 0.25) is 0 Å². The highest BCUT2D eigenvalue weighted by molar-refractivity contribution is 5.81. The first-order chi connectivity index (χ1) is 11.8. The number of hydrogen-bond donors (Lipinski definition) is 1. The molecule has 0 atom stereocenters. The number of rotatable bonds is 3. The van der Waals surface area contributed by atoms with Crippen LogP contribution in [0.25, 0.3) is 22.4 Å². The van der Waals surface area contributed by atoms with E-state index in [1.807, 2.05) is 0 Å². The molecule has 0 aliphatic heterocycles. The number of nitro groups is 1. The van der Waals surface area contributed by atoms with Gasteiger partial charge in [-0.3, -0.25) is 15.2 Å².